The summed E-state index contributed by atoms with van der Waals surface area (Å²) in [6.07, 6.45) is 0. The van der Waals surface area contributed by atoms with Gasteiger partial charge in [0.1, 0.15) is 0 Å². The van der Waals surface area contributed by atoms with E-state index in [4.69, 9.17) is 0 Å². The lowest BCUT2D eigenvalue weighted by Crippen LogP contribution is -2.36. The number of benzene rings is 2. The minimum Gasteiger partial charge on any atom is -0.357 e. The molecule has 2 aromatic rings. The van der Waals surface area contributed by atoms with Crippen LogP contribution in [0.5, 0.6) is 0 Å². The molecule has 0 fully saturated rings. The number of rotatable bonds is 8. The number of nitrogens with one attached hydrogen (secondary N) is 2. The quantitative estimate of drug-likeness (QED) is 0.478. The van der Waals surface area contributed by atoms with Crippen LogP contribution in [0.25, 0.3) is 0 Å². The van der Waals surface area contributed by atoms with Crippen molar-refractivity contribution in [2.75, 3.05) is 34.7 Å². The topological polar surface area (TPSA) is 94.1 Å². The van der Waals surface area contributed by atoms with E-state index in [1.165, 1.54) is 18.4 Å². The third-order valence-electron chi connectivity index (χ3n) is 4.53. The first-order chi connectivity index (χ1) is 14.6. The van der Waals surface area contributed by atoms with Gasteiger partial charge in [-0.1, -0.05) is 24.3 Å². The standard InChI is InChI=1S/C22H31N5O3S/c1-6-23-22(24-15-17-7-11-19(12-8-17)21(28)26(2)3)25-16-18-9-13-20(14-10-18)31(29,30)27(4)5/h7-14H,6,15-16H2,1-5H3,(H2,23,24,25). The average Bonchev–Trinajstić information content (AvgIpc) is 2.75. The predicted molar refractivity (Wildman–Crippen MR) is 123 cm³/mol. The molecule has 0 aliphatic carbocycles. The van der Waals surface area contributed by atoms with Crippen molar-refractivity contribution in [1.82, 2.24) is 19.8 Å². The summed E-state index contributed by atoms with van der Waals surface area (Å²) in [6, 6.07) is 14.2. The first kappa shape index (κ1) is 24.4. The van der Waals surface area contributed by atoms with E-state index in [9.17, 15) is 13.2 Å². The van der Waals surface area contributed by atoms with Gasteiger partial charge < -0.3 is 15.5 Å². The summed E-state index contributed by atoms with van der Waals surface area (Å²) in [4.78, 5) is 18.4. The van der Waals surface area contributed by atoms with Crippen LogP contribution in [0.4, 0.5) is 0 Å². The van der Waals surface area contributed by atoms with Gasteiger partial charge in [-0.25, -0.2) is 17.7 Å². The lowest BCUT2D eigenvalue weighted by Gasteiger charge is -2.13. The van der Waals surface area contributed by atoms with E-state index < -0.39 is 10.0 Å². The van der Waals surface area contributed by atoms with E-state index >= 15 is 0 Å². The summed E-state index contributed by atoms with van der Waals surface area (Å²) in [5.74, 6) is 0.621. The first-order valence-corrected chi connectivity index (χ1v) is 11.4. The fourth-order valence-electron chi connectivity index (χ4n) is 2.70. The molecule has 2 rings (SSSR count). The smallest absolute Gasteiger partial charge is 0.253 e. The Kier molecular flexibility index (Phi) is 8.58. The van der Waals surface area contributed by atoms with Crippen molar-refractivity contribution in [3.63, 3.8) is 0 Å². The third kappa shape index (κ3) is 6.80. The molecular formula is C22H31N5O3S. The number of amides is 1. The number of aliphatic imine (C=N–C) groups is 1. The van der Waals surface area contributed by atoms with Gasteiger partial charge in [0, 0.05) is 46.8 Å². The van der Waals surface area contributed by atoms with Gasteiger partial charge in [-0.05, 0) is 42.3 Å². The Hall–Kier alpha value is -2.91. The second-order valence-corrected chi connectivity index (χ2v) is 9.53. The zero-order valence-electron chi connectivity index (χ0n) is 18.7. The van der Waals surface area contributed by atoms with E-state index in [0.717, 1.165) is 11.1 Å². The highest BCUT2D eigenvalue weighted by Gasteiger charge is 2.16. The molecule has 168 valence electrons. The minimum atomic E-state index is -3.43. The Morgan fingerprint density at radius 2 is 1.48 bits per heavy atom. The van der Waals surface area contributed by atoms with Crippen molar-refractivity contribution in [3.8, 4) is 0 Å². The van der Waals surface area contributed by atoms with Gasteiger partial charge in [-0.15, -0.1) is 0 Å². The van der Waals surface area contributed by atoms with Gasteiger partial charge >= 0.3 is 0 Å². The highest BCUT2D eigenvalue weighted by atomic mass is 32.2. The molecule has 0 aliphatic heterocycles. The highest BCUT2D eigenvalue weighted by Crippen LogP contribution is 2.14. The van der Waals surface area contributed by atoms with Gasteiger partial charge in [-0.2, -0.15) is 0 Å². The van der Waals surface area contributed by atoms with Gasteiger partial charge in [0.05, 0.1) is 11.4 Å². The molecule has 0 atom stereocenters. The molecule has 0 bridgehead atoms. The van der Waals surface area contributed by atoms with Gasteiger partial charge in [0.25, 0.3) is 5.91 Å². The summed E-state index contributed by atoms with van der Waals surface area (Å²) in [5.41, 5.74) is 2.57. The van der Waals surface area contributed by atoms with Crippen LogP contribution in [0, 0.1) is 0 Å². The second-order valence-electron chi connectivity index (χ2n) is 7.38. The molecule has 0 aliphatic rings. The zero-order chi connectivity index (χ0) is 23.0. The molecule has 2 N–H and O–H groups in total. The molecule has 9 heteroatoms. The monoisotopic (exact) mass is 445 g/mol. The SMILES string of the molecule is CCNC(=NCc1ccc(C(=O)N(C)C)cc1)NCc1ccc(S(=O)(=O)N(C)C)cc1. The maximum atomic E-state index is 12.2. The van der Waals surface area contributed by atoms with Crippen molar-refractivity contribution in [2.45, 2.75) is 24.9 Å². The number of hydrogen-bond donors (Lipinski definition) is 2. The molecule has 0 radical (unpaired) electrons. The lowest BCUT2D eigenvalue weighted by atomic mass is 10.1. The molecule has 0 spiro atoms. The van der Waals surface area contributed by atoms with Crippen LogP contribution in [-0.4, -0.2) is 64.2 Å². The van der Waals surface area contributed by atoms with Gasteiger partial charge in [0.15, 0.2) is 5.96 Å². The van der Waals surface area contributed by atoms with E-state index in [1.54, 1.807) is 55.4 Å². The summed E-state index contributed by atoms with van der Waals surface area (Å²) in [5, 5.41) is 6.44. The zero-order valence-corrected chi connectivity index (χ0v) is 19.5. The number of sulfonamides is 1. The molecule has 0 heterocycles. The molecule has 1 amide bonds. The summed E-state index contributed by atoms with van der Waals surface area (Å²) >= 11 is 0. The molecule has 0 unspecified atom stereocenters. The maximum Gasteiger partial charge on any atom is 0.253 e. The average molecular weight is 446 g/mol. The van der Waals surface area contributed by atoms with Crippen molar-refractivity contribution in [1.29, 1.82) is 0 Å². The van der Waals surface area contributed by atoms with E-state index in [-0.39, 0.29) is 10.8 Å². The van der Waals surface area contributed by atoms with Crippen molar-refractivity contribution in [2.24, 2.45) is 4.99 Å². The second kappa shape index (κ2) is 10.9. The molecule has 0 aromatic heterocycles. The van der Waals surface area contributed by atoms with Crippen molar-refractivity contribution >= 4 is 21.9 Å². The number of hydrogen-bond acceptors (Lipinski definition) is 4. The summed E-state index contributed by atoms with van der Waals surface area (Å²) in [7, 11) is 3.04. The van der Waals surface area contributed by atoms with Crippen LogP contribution in [-0.2, 0) is 23.1 Å². The Bertz CT molecular complexity index is 998. The van der Waals surface area contributed by atoms with Crippen LogP contribution in [0.15, 0.2) is 58.4 Å². The minimum absolute atomic E-state index is 0.0329. The molecule has 8 nitrogen and oxygen atoms in total. The first-order valence-electron chi connectivity index (χ1n) is 9.99. The largest absolute Gasteiger partial charge is 0.357 e. The number of nitrogens with zero attached hydrogens (tertiary/aromatic N) is 3. The summed E-state index contributed by atoms with van der Waals surface area (Å²) < 4.78 is 25.5. The van der Waals surface area contributed by atoms with E-state index in [1.807, 2.05) is 19.1 Å². The van der Waals surface area contributed by atoms with Gasteiger partial charge in [0.2, 0.25) is 10.0 Å². The Morgan fingerprint density at radius 3 is 2.00 bits per heavy atom. The van der Waals surface area contributed by atoms with Crippen LogP contribution < -0.4 is 10.6 Å². The lowest BCUT2D eigenvalue weighted by molar-refractivity contribution is 0.0827. The Labute approximate surface area is 185 Å². The molecule has 2 aromatic carbocycles. The molecule has 31 heavy (non-hydrogen) atoms. The van der Waals surface area contributed by atoms with Crippen LogP contribution >= 0.6 is 0 Å². The van der Waals surface area contributed by atoms with E-state index in [0.29, 0.717) is 31.2 Å². The predicted octanol–water partition coefficient (Wildman–Crippen LogP) is 1.89. The van der Waals surface area contributed by atoms with Crippen LogP contribution in [0.2, 0.25) is 0 Å². The number of carbonyl (C=O) groups excluding carboxylic acids is 1. The third-order valence-corrected chi connectivity index (χ3v) is 6.36. The summed E-state index contributed by atoms with van der Waals surface area (Å²) in [6.45, 7) is 3.66. The maximum absolute atomic E-state index is 12.2. The van der Waals surface area contributed by atoms with Crippen molar-refractivity contribution < 1.29 is 13.2 Å². The number of guanidine groups is 1. The van der Waals surface area contributed by atoms with Crippen LogP contribution in [0.3, 0.4) is 0 Å². The Balaban J connectivity index is 2.01. The van der Waals surface area contributed by atoms with Crippen molar-refractivity contribution in [3.05, 3.63) is 65.2 Å². The number of carbonyl (C=O) groups is 1. The fraction of sp³-hybridized carbons (Fsp3) is 0.364. The highest BCUT2D eigenvalue weighted by molar-refractivity contribution is 7.89. The molecule has 0 saturated carbocycles. The molecule has 0 saturated heterocycles. The Morgan fingerprint density at radius 1 is 0.903 bits per heavy atom. The fourth-order valence-corrected chi connectivity index (χ4v) is 3.60. The van der Waals surface area contributed by atoms with E-state index in [2.05, 4.69) is 15.6 Å². The normalized spacial score (nSPS) is 12.0. The van der Waals surface area contributed by atoms with Crippen LogP contribution in [0.1, 0.15) is 28.4 Å². The van der Waals surface area contributed by atoms with Gasteiger partial charge in [-0.3, -0.25) is 4.79 Å². The molecular weight excluding hydrogens is 414 g/mol.